The number of amides is 3. The fraction of sp³-hybridized carbons (Fsp3) is 0.571. The third kappa shape index (κ3) is 7.57. The number of benzene rings is 1. The summed E-state index contributed by atoms with van der Waals surface area (Å²) in [6, 6.07) is 3.98. The van der Waals surface area contributed by atoms with Crippen molar-refractivity contribution in [3.63, 3.8) is 0 Å². The van der Waals surface area contributed by atoms with Crippen molar-refractivity contribution in [3.05, 3.63) is 36.0 Å². The molecule has 2 aromatic rings. The molecule has 39 heavy (non-hydrogen) atoms. The standard InChI is InChI=1S/C28H42N6O5/c1-3-17(2)24(33-25(35)20(30)10-6-7-13-29)27(37)34-14-8-12-23(34)26(36)32-22(28(38)39)15-18-16-31-21-11-5-4-9-19(18)21/h4-5,9,11,16-17,20,22-24,31H,3,6-8,10,12-15,29-30H2,1-2H3,(H,32,36)(H,33,35)(H,38,39). The van der Waals surface area contributed by atoms with Crippen molar-refractivity contribution >= 4 is 34.6 Å². The van der Waals surface area contributed by atoms with E-state index in [0.29, 0.717) is 45.2 Å². The van der Waals surface area contributed by atoms with Crippen molar-refractivity contribution in [2.75, 3.05) is 13.1 Å². The number of carbonyl (C=O) groups excluding carboxylic acids is 3. The molecule has 1 fully saturated rings. The minimum absolute atomic E-state index is 0.0966. The van der Waals surface area contributed by atoms with Crippen molar-refractivity contribution in [2.45, 2.75) is 83.0 Å². The van der Waals surface area contributed by atoms with Crippen LogP contribution in [0.3, 0.4) is 0 Å². The predicted octanol–water partition coefficient (Wildman–Crippen LogP) is 1.26. The van der Waals surface area contributed by atoms with E-state index in [1.165, 1.54) is 4.90 Å². The molecule has 0 bridgehead atoms. The average molecular weight is 543 g/mol. The molecule has 1 saturated heterocycles. The highest BCUT2D eigenvalue weighted by Crippen LogP contribution is 2.23. The van der Waals surface area contributed by atoms with Crippen LogP contribution in [0.15, 0.2) is 30.5 Å². The monoisotopic (exact) mass is 542 g/mol. The molecular weight excluding hydrogens is 500 g/mol. The topological polar surface area (TPSA) is 184 Å². The van der Waals surface area contributed by atoms with Gasteiger partial charge in [-0.1, -0.05) is 44.9 Å². The number of aromatic nitrogens is 1. The highest BCUT2D eigenvalue weighted by molar-refractivity contribution is 5.95. The summed E-state index contributed by atoms with van der Waals surface area (Å²) in [6.45, 7) is 4.66. The predicted molar refractivity (Wildman–Crippen MR) is 149 cm³/mol. The Morgan fingerprint density at radius 2 is 1.92 bits per heavy atom. The van der Waals surface area contributed by atoms with Crippen LogP contribution in [0.5, 0.6) is 0 Å². The zero-order valence-corrected chi connectivity index (χ0v) is 22.8. The summed E-state index contributed by atoms with van der Waals surface area (Å²) in [5, 5.41) is 16.2. The first-order valence-electron chi connectivity index (χ1n) is 13.8. The SMILES string of the molecule is CCC(C)C(NC(=O)C(N)CCCCN)C(=O)N1CCCC1C(=O)NC(Cc1c[nH]c2ccccc12)C(=O)O. The molecule has 0 aliphatic carbocycles. The number of unbranched alkanes of at least 4 members (excludes halogenated alkanes) is 1. The van der Waals surface area contributed by atoms with Gasteiger partial charge in [0, 0.05) is 30.1 Å². The summed E-state index contributed by atoms with van der Waals surface area (Å²) in [5.41, 5.74) is 13.2. The van der Waals surface area contributed by atoms with E-state index in [-0.39, 0.29) is 18.2 Å². The fourth-order valence-electron chi connectivity index (χ4n) is 5.05. The molecule has 1 aromatic carbocycles. The van der Waals surface area contributed by atoms with Crippen LogP contribution >= 0.6 is 0 Å². The van der Waals surface area contributed by atoms with Gasteiger partial charge in [-0.15, -0.1) is 0 Å². The molecular formula is C28H42N6O5. The number of carboxylic acid groups (broad SMARTS) is 1. The number of likely N-dealkylation sites (tertiary alicyclic amines) is 1. The van der Waals surface area contributed by atoms with Crippen molar-refractivity contribution in [1.29, 1.82) is 0 Å². The number of nitrogens with two attached hydrogens (primary N) is 2. The summed E-state index contributed by atoms with van der Waals surface area (Å²) in [5.74, 6) is -2.61. The number of para-hydroxylation sites is 1. The number of nitrogens with one attached hydrogen (secondary N) is 3. The van der Waals surface area contributed by atoms with Crippen molar-refractivity contribution in [3.8, 4) is 0 Å². The molecule has 0 spiro atoms. The minimum Gasteiger partial charge on any atom is -0.480 e. The van der Waals surface area contributed by atoms with Gasteiger partial charge in [0.1, 0.15) is 18.1 Å². The van der Waals surface area contributed by atoms with Gasteiger partial charge in [-0.25, -0.2) is 4.79 Å². The van der Waals surface area contributed by atoms with Crippen LogP contribution < -0.4 is 22.1 Å². The zero-order chi connectivity index (χ0) is 28.5. The lowest BCUT2D eigenvalue weighted by molar-refractivity contribution is -0.145. The second kappa shape index (κ2) is 14.1. The van der Waals surface area contributed by atoms with Gasteiger partial charge in [-0.2, -0.15) is 0 Å². The Bertz CT molecular complexity index is 1150. The quantitative estimate of drug-likeness (QED) is 0.194. The number of H-pyrrole nitrogens is 1. The third-order valence-electron chi connectivity index (χ3n) is 7.63. The van der Waals surface area contributed by atoms with Crippen LogP contribution in [0.4, 0.5) is 0 Å². The molecule has 0 radical (unpaired) electrons. The maximum Gasteiger partial charge on any atom is 0.326 e. The van der Waals surface area contributed by atoms with Crippen molar-refractivity contribution < 1.29 is 24.3 Å². The van der Waals surface area contributed by atoms with Crippen molar-refractivity contribution in [2.24, 2.45) is 17.4 Å². The van der Waals surface area contributed by atoms with Crippen molar-refractivity contribution in [1.82, 2.24) is 20.5 Å². The second-order valence-electron chi connectivity index (χ2n) is 10.4. The first-order valence-corrected chi connectivity index (χ1v) is 13.8. The Balaban J connectivity index is 1.70. The number of hydrogen-bond acceptors (Lipinski definition) is 6. The van der Waals surface area contributed by atoms with Crippen LogP contribution in [0.1, 0.15) is 57.9 Å². The normalized spacial score (nSPS) is 18.4. The minimum atomic E-state index is -1.16. The van der Waals surface area contributed by atoms with E-state index in [0.717, 1.165) is 22.9 Å². The van der Waals surface area contributed by atoms with Crippen LogP contribution in [0.25, 0.3) is 10.9 Å². The smallest absolute Gasteiger partial charge is 0.326 e. The first-order chi connectivity index (χ1) is 18.7. The van der Waals surface area contributed by atoms with Crippen LogP contribution in [-0.4, -0.2) is 75.9 Å². The molecule has 8 N–H and O–H groups in total. The molecule has 3 rings (SSSR count). The zero-order valence-electron chi connectivity index (χ0n) is 22.8. The molecule has 11 nitrogen and oxygen atoms in total. The third-order valence-corrected chi connectivity index (χ3v) is 7.63. The summed E-state index contributed by atoms with van der Waals surface area (Å²) in [7, 11) is 0. The number of hydrogen-bond donors (Lipinski definition) is 6. The molecule has 1 aromatic heterocycles. The summed E-state index contributed by atoms with van der Waals surface area (Å²) in [4.78, 5) is 56.4. The largest absolute Gasteiger partial charge is 0.480 e. The summed E-state index contributed by atoms with van der Waals surface area (Å²) in [6.07, 6.45) is 5.43. The van der Waals surface area contributed by atoms with Gasteiger partial charge in [0.2, 0.25) is 17.7 Å². The maximum absolute atomic E-state index is 13.7. The Kier molecular flexibility index (Phi) is 10.9. The molecule has 5 unspecified atom stereocenters. The Morgan fingerprint density at radius 3 is 2.62 bits per heavy atom. The number of carbonyl (C=O) groups is 4. The molecule has 214 valence electrons. The highest BCUT2D eigenvalue weighted by Gasteiger charge is 2.40. The number of fused-ring (bicyclic) bond motifs is 1. The van der Waals surface area contributed by atoms with E-state index in [4.69, 9.17) is 11.5 Å². The number of nitrogens with zero attached hydrogens (tertiary/aromatic N) is 1. The molecule has 2 heterocycles. The molecule has 11 heteroatoms. The van der Waals surface area contributed by atoms with Gasteiger partial charge >= 0.3 is 5.97 Å². The average Bonchev–Trinajstić information content (AvgIpc) is 3.58. The van der Waals surface area contributed by atoms with E-state index in [1.807, 2.05) is 38.1 Å². The fourth-order valence-corrected chi connectivity index (χ4v) is 5.05. The number of carboxylic acids is 1. The van der Waals surface area contributed by atoms with E-state index >= 15 is 0 Å². The molecule has 1 aliphatic rings. The summed E-state index contributed by atoms with van der Waals surface area (Å²) < 4.78 is 0. The van der Waals surface area contributed by atoms with Gasteiger partial charge in [0.05, 0.1) is 6.04 Å². The maximum atomic E-state index is 13.7. The Labute approximate surface area is 229 Å². The van der Waals surface area contributed by atoms with Crippen LogP contribution in [-0.2, 0) is 25.6 Å². The van der Waals surface area contributed by atoms with Gasteiger partial charge in [-0.3, -0.25) is 14.4 Å². The lowest BCUT2D eigenvalue weighted by atomic mass is 9.96. The first kappa shape index (κ1) is 30.1. The number of aromatic amines is 1. The Hall–Kier alpha value is -3.44. The van der Waals surface area contributed by atoms with Crippen LogP contribution in [0, 0.1) is 5.92 Å². The van der Waals surface area contributed by atoms with E-state index in [1.54, 1.807) is 6.20 Å². The van der Waals surface area contributed by atoms with E-state index in [9.17, 15) is 24.3 Å². The number of aliphatic carboxylic acids is 1. The second-order valence-corrected chi connectivity index (χ2v) is 10.4. The van der Waals surface area contributed by atoms with Gasteiger partial charge in [0.15, 0.2) is 0 Å². The molecule has 3 amide bonds. The van der Waals surface area contributed by atoms with Gasteiger partial charge in [-0.05, 0) is 49.8 Å². The van der Waals surface area contributed by atoms with Gasteiger partial charge in [0.25, 0.3) is 0 Å². The van der Waals surface area contributed by atoms with Gasteiger partial charge < -0.3 is 37.1 Å². The lowest BCUT2D eigenvalue weighted by Crippen LogP contribution is -2.58. The van der Waals surface area contributed by atoms with E-state index in [2.05, 4.69) is 15.6 Å². The Morgan fingerprint density at radius 1 is 1.18 bits per heavy atom. The lowest BCUT2D eigenvalue weighted by Gasteiger charge is -2.32. The summed E-state index contributed by atoms with van der Waals surface area (Å²) >= 11 is 0. The molecule has 1 aliphatic heterocycles. The number of rotatable bonds is 14. The van der Waals surface area contributed by atoms with E-state index < -0.39 is 42.0 Å². The van der Waals surface area contributed by atoms with Crippen LogP contribution in [0.2, 0.25) is 0 Å². The highest BCUT2D eigenvalue weighted by atomic mass is 16.4. The molecule has 0 saturated carbocycles. The molecule has 5 atom stereocenters.